The third-order valence-corrected chi connectivity index (χ3v) is 5.37. The molecule has 2 aromatic rings. The van der Waals surface area contributed by atoms with Crippen molar-refractivity contribution in [2.75, 3.05) is 25.0 Å². The van der Waals surface area contributed by atoms with Gasteiger partial charge in [0.05, 0.1) is 0 Å². The average Bonchev–Trinajstić information content (AvgIpc) is 2.69. The summed E-state index contributed by atoms with van der Waals surface area (Å²) in [7, 11) is 0. The lowest BCUT2D eigenvalue weighted by Gasteiger charge is -2.32. The maximum Gasteiger partial charge on any atom is 0.262 e. The minimum atomic E-state index is -0.180. The summed E-state index contributed by atoms with van der Waals surface area (Å²) >= 11 is 5.63. The molecule has 1 fully saturated rings. The molecular formula is C22H26N2O2S. The van der Waals surface area contributed by atoms with Crippen molar-refractivity contribution in [3.8, 4) is 5.75 Å². The first kappa shape index (κ1) is 19.4. The van der Waals surface area contributed by atoms with Gasteiger partial charge in [0.15, 0.2) is 6.61 Å². The fourth-order valence-corrected chi connectivity index (χ4v) is 3.39. The van der Waals surface area contributed by atoms with E-state index in [2.05, 4.69) is 17.1 Å². The highest BCUT2D eigenvalue weighted by Crippen LogP contribution is 2.20. The molecule has 1 N–H and O–H groups in total. The second kappa shape index (κ2) is 9.00. The van der Waals surface area contributed by atoms with Crippen LogP contribution >= 0.6 is 12.2 Å². The lowest BCUT2D eigenvalue weighted by Crippen LogP contribution is -2.37. The Kier molecular flexibility index (Phi) is 6.45. The summed E-state index contributed by atoms with van der Waals surface area (Å²) in [5.41, 5.74) is 2.95. The zero-order chi connectivity index (χ0) is 19.2. The van der Waals surface area contributed by atoms with Crippen LogP contribution in [0.4, 0.5) is 5.69 Å². The number of ether oxygens (including phenoxy) is 1. The number of piperidine rings is 1. The van der Waals surface area contributed by atoms with Crippen molar-refractivity contribution < 1.29 is 9.53 Å². The van der Waals surface area contributed by atoms with Crippen LogP contribution in [0.1, 0.15) is 30.9 Å². The van der Waals surface area contributed by atoms with E-state index in [1.165, 1.54) is 12.8 Å². The van der Waals surface area contributed by atoms with E-state index in [1.807, 2.05) is 55.5 Å². The molecule has 1 saturated heterocycles. The number of hydrogen-bond donors (Lipinski definition) is 1. The fourth-order valence-electron chi connectivity index (χ4n) is 3.07. The summed E-state index contributed by atoms with van der Waals surface area (Å²) in [6.45, 7) is 6.33. The lowest BCUT2D eigenvalue weighted by atomic mass is 9.99. The third kappa shape index (κ3) is 5.54. The van der Waals surface area contributed by atoms with E-state index in [-0.39, 0.29) is 12.5 Å². The number of benzene rings is 2. The first-order valence-electron chi connectivity index (χ1n) is 9.40. The van der Waals surface area contributed by atoms with Gasteiger partial charge in [-0.05, 0) is 62.1 Å². The van der Waals surface area contributed by atoms with Crippen molar-refractivity contribution in [3.63, 3.8) is 0 Å². The maximum absolute atomic E-state index is 12.0. The molecule has 5 heteroatoms. The molecule has 0 atom stereocenters. The van der Waals surface area contributed by atoms with Crippen LogP contribution in [0.5, 0.6) is 5.75 Å². The zero-order valence-corrected chi connectivity index (χ0v) is 16.7. The molecule has 2 aromatic carbocycles. The molecule has 1 aliphatic rings. The van der Waals surface area contributed by atoms with Crippen LogP contribution in [0.15, 0.2) is 48.5 Å². The van der Waals surface area contributed by atoms with E-state index < -0.39 is 0 Å². The highest BCUT2D eigenvalue weighted by atomic mass is 32.1. The van der Waals surface area contributed by atoms with Crippen molar-refractivity contribution in [1.82, 2.24) is 4.90 Å². The van der Waals surface area contributed by atoms with Gasteiger partial charge in [0.2, 0.25) is 0 Å². The van der Waals surface area contributed by atoms with Gasteiger partial charge in [-0.3, -0.25) is 4.79 Å². The van der Waals surface area contributed by atoms with E-state index in [9.17, 15) is 4.79 Å². The Balaban J connectivity index is 1.49. The molecule has 0 spiro atoms. The SMILES string of the molecule is Cc1ccc(NC(=O)COc2ccc(C(=S)N3CCC(C)CC3)cc2)cc1. The third-order valence-electron chi connectivity index (χ3n) is 4.88. The molecule has 3 rings (SSSR count). The average molecular weight is 383 g/mol. The molecule has 0 radical (unpaired) electrons. The Morgan fingerprint density at radius 1 is 1.11 bits per heavy atom. The van der Waals surface area contributed by atoms with Crippen molar-refractivity contribution >= 4 is 28.8 Å². The van der Waals surface area contributed by atoms with Crippen LogP contribution in [0.3, 0.4) is 0 Å². The van der Waals surface area contributed by atoms with Crippen molar-refractivity contribution in [2.45, 2.75) is 26.7 Å². The second-order valence-electron chi connectivity index (χ2n) is 7.20. The minimum absolute atomic E-state index is 0.0261. The molecule has 142 valence electrons. The summed E-state index contributed by atoms with van der Waals surface area (Å²) in [5, 5.41) is 2.82. The van der Waals surface area contributed by atoms with Crippen LogP contribution < -0.4 is 10.1 Å². The zero-order valence-electron chi connectivity index (χ0n) is 15.9. The molecule has 4 nitrogen and oxygen atoms in total. The molecule has 1 amide bonds. The van der Waals surface area contributed by atoms with E-state index in [4.69, 9.17) is 17.0 Å². The monoisotopic (exact) mass is 382 g/mol. The Bertz CT molecular complexity index is 779. The number of amides is 1. The quantitative estimate of drug-likeness (QED) is 0.777. The molecule has 27 heavy (non-hydrogen) atoms. The standard InChI is InChI=1S/C22H26N2O2S/c1-16-3-7-19(8-4-16)23-21(25)15-26-20-9-5-18(6-10-20)22(27)24-13-11-17(2)12-14-24/h3-10,17H,11-15H2,1-2H3,(H,23,25). The van der Waals surface area contributed by atoms with Crippen LogP contribution in [0.25, 0.3) is 0 Å². The molecule has 0 bridgehead atoms. The van der Waals surface area contributed by atoms with Crippen molar-refractivity contribution in [3.05, 3.63) is 59.7 Å². The topological polar surface area (TPSA) is 41.6 Å². The summed E-state index contributed by atoms with van der Waals surface area (Å²) < 4.78 is 5.59. The Morgan fingerprint density at radius 2 is 1.74 bits per heavy atom. The van der Waals surface area contributed by atoms with Crippen LogP contribution in [-0.4, -0.2) is 35.5 Å². The van der Waals surface area contributed by atoms with Gasteiger partial charge in [0, 0.05) is 24.3 Å². The van der Waals surface area contributed by atoms with Gasteiger partial charge < -0.3 is 15.0 Å². The largest absolute Gasteiger partial charge is 0.484 e. The van der Waals surface area contributed by atoms with E-state index >= 15 is 0 Å². The summed E-state index contributed by atoms with van der Waals surface area (Å²) in [4.78, 5) is 15.2. The number of aryl methyl sites for hydroxylation is 1. The molecule has 1 heterocycles. The number of nitrogens with zero attached hydrogens (tertiary/aromatic N) is 1. The van der Waals surface area contributed by atoms with Gasteiger partial charge in [-0.25, -0.2) is 0 Å². The van der Waals surface area contributed by atoms with Gasteiger partial charge in [-0.15, -0.1) is 0 Å². The van der Waals surface area contributed by atoms with Crippen LogP contribution in [0, 0.1) is 12.8 Å². The highest BCUT2D eigenvalue weighted by Gasteiger charge is 2.18. The van der Waals surface area contributed by atoms with Gasteiger partial charge in [0.1, 0.15) is 10.7 Å². The normalized spacial score (nSPS) is 14.7. The number of likely N-dealkylation sites (tertiary alicyclic amines) is 1. The Morgan fingerprint density at radius 3 is 2.37 bits per heavy atom. The Labute approximate surface area is 166 Å². The van der Waals surface area contributed by atoms with Crippen molar-refractivity contribution in [2.24, 2.45) is 5.92 Å². The number of anilines is 1. The van der Waals surface area contributed by atoms with Gasteiger partial charge in [-0.2, -0.15) is 0 Å². The van der Waals surface area contributed by atoms with Crippen LogP contribution in [-0.2, 0) is 4.79 Å². The predicted octanol–water partition coefficient (Wildman–Crippen LogP) is 4.42. The summed E-state index contributed by atoms with van der Waals surface area (Å²) in [6, 6.07) is 15.3. The summed E-state index contributed by atoms with van der Waals surface area (Å²) in [5.74, 6) is 1.26. The van der Waals surface area contributed by atoms with E-state index in [0.29, 0.717) is 5.75 Å². The summed E-state index contributed by atoms with van der Waals surface area (Å²) in [6.07, 6.45) is 2.38. The molecule has 0 aliphatic carbocycles. The molecule has 0 unspecified atom stereocenters. The number of carbonyl (C=O) groups is 1. The molecule has 0 saturated carbocycles. The van der Waals surface area contributed by atoms with Gasteiger partial charge in [-0.1, -0.05) is 36.8 Å². The number of rotatable bonds is 5. The Hall–Kier alpha value is -2.40. The number of thiocarbonyl (C=S) groups is 1. The number of carbonyl (C=O) groups excluding carboxylic acids is 1. The highest BCUT2D eigenvalue weighted by molar-refractivity contribution is 7.80. The van der Waals surface area contributed by atoms with Crippen molar-refractivity contribution in [1.29, 1.82) is 0 Å². The smallest absolute Gasteiger partial charge is 0.262 e. The lowest BCUT2D eigenvalue weighted by molar-refractivity contribution is -0.118. The minimum Gasteiger partial charge on any atom is -0.484 e. The predicted molar refractivity (Wildman–Crippen MR) is 113 cm³/mol. The van der Waals surface area contributed by atoms with E-state index in [1.54, 1.807) is 0 Å². The van der Waals surface area contributed by atoms with Crippen LogP contribution in [0.2, 0.25) is 0 Å². The van der Waals surface area contributed by atoms with Gasteiger partial charge in [0.25, 0.3) is 5.91 Å². The number of nitrogens with one attached hydrogen (secondary N) is 1. The fraction of sp³-hybridized carbons (Fsp3) is 0.364. The molecule has 0 aromatic heterocycles. The first-order valence-corrected chi connectivity index (χ1v) is 9.81. The molecule has 1 aliphatic heterocycles. The maximum atomic E-state index is 12.0. The number of hydrogen-bond acceptors (Lipinski definition) is 3. The molecular weight excluding hydrogens is 356 g/mol. The second-order valence-corrected chi connectivity index (χ2v) is 7.59. The first-order chi connectivity index (χ1) is 13.0. The van der Waals surface area contributed by atoms with Gasteiger partial charge >= 0.3 is 0 Å². The van der Waals surface area contributed by atoms with E-state index in [0.717, 1.165) is 40.8 Å².